The van der Waals surface area contributed by atoms with Crippen molar-refractivity contribution in [3.05, 3.63) is 35.4 Å². The minimum atomic E-state index is 0.119. The summed E-state index contributed by atoms with van der Waals surface area (Å²) in [6.07, 6.45) is 4.67. The molecule has 3 heteroatoms. The first-order valence-electron chi connectivity index (χ1n) is 7.17. The highest BCUT2D eigenvalue weighted by Gasteiger charge is 2.30. The molecule has 1 fully saturated rings. The van der Waals surface area contributed by atoms with E-state index in [1.165, 1.54) is 12.8 Å². The van der Waals surface area contributed by atoms with Crippen LogP contribution in [0.25, 0.3) is 0 Å². The average molecular weight is 260 g/mol. The Kier molecular flexibility index (Phi) is 4.59. The topological polar surface area (TPSA) is 46.3 Å². The lowest BCUT2D eigenvalue weighted by Gasteiger charge is -2.37. The number of carbonyl (C=O) groups is 1. The number of hydrogen-bond acceptors (Lipinski definition) is 2. The summed E-state index contributed by atoms with van der Waals surface area (Å²) in [6.45, 7) is 2.69. The normalized spacial score (nSPS) is 23.1. The highest BCUT2D eigenvalue weighted by molar-refractivity contribution is 5.94. The molecule has 2 atom stereocenters. The Morgan fingerprint density at radius 2 is 2.11 bits per heavy atom. The van der Waals surface area contributed by atoms with Crippen molar-refractivity contribution in [2.45, 2.75) is 38.6 Å². The van der Waals surface area contributed by atoms with Crippen LogP contribution in [0.1, 0.15) is 41.6 Å². The zero-order valence-electron chi connectivity index (χ0n) is 11.9. The summed E-state index contributed by atoms with van der Waals surface area (Å²) < 4.78 is 0. The molecule has 1 aliphatic carbocycles. The number of nitrogens with two attached hydrogens (primary N) is 1. The van der Waals surface area contributed by atoms with Gasteiger partial charge in [0.1, 0.15) is 0 Å². The summed E-state index contributed by atoms with van der Waals surface area (Å²) >= 11 is 0. The maximum atomic E-state index is 12.5. The minimum absolute atomic E-state index is 0.119. The monoisotopic (exact) mass is 260 g/mol. The molecule has 2 N–H and O–H groups in total. The van der Waals surface area contributed by atoms with Gasteiger partial charge in [0.2, 0.25) is 0 Å². The molecule has 1 amide bonds. The average Bonchev–Trinajstić information content (AvgIpc) is 2.45. The summed E-state index contributed by atoms with van der Waals surface area (Å²) in [5.41, 5.74) is 7.76. The third kappa shape index (κ3) is 3.16. The second-order valence-corrected chi connectivity index (χ2v) is 5.63. The third-order valence-corrected chi connectivity index (χ3v) is 4.25. The first-order valence-corrected chi connectivity index (χ1v) is 7.17. The van der Waals surface area contributed by atoms with Gasteiger partial charge in [-0.2, -0.15) is 0 Å². The van der Waals surface area contributed by atoms with E-state index >= 15 is 0 Å². The van der Waals surface area contributed by atoms with E-state index in [0.717, 1.165) is 24.0 Å². The molecule has 0 bridgehead atoms. The van der Waals surface area contributed by atoms with Gasteiger partial charge in [0, 0.05) is 18.7 Å². The van der Waals surface area contributed by atoms with Gasteiger partial charge in [-0.3, -0.25) is 4.79 Å². The Morgan fingerprint density at radius 1 is 1.37 bits per heavy atom. The third-order valence-electron chi connectivity index (χ3n) is 4.25. The lowest BCUT2D eigenvalue weighted by Crippen LogP contribution is -2.45. The highest BCUT2D eigenvalue weighted by Crippen LogP contribution is 2.28. The molecule has 1 aromatic rings. The molecule has 0 aliphatic heterocycles. The first kappa shape index (κ1) is 14.1. The van der Waals surface area contributed by atoms with E-state index in [0.29, 0.717) is 18.5 Å². The van der Waals surface area contributed by atoms with E-state index in [9.17, 15) is 4.79 Å². The zero-order chi connectivity index (χ0) is 13.8. The molecule has 0 aromatic heterocycles. The standard InChI is InChI=1S/C16H24N2O/c1-12-6-5-8-13(10-12)16(19)18(2)15-9-4-3-7-14(15)11-17/h5-6,8,10,14-15H,3-4,7,9,11,17H2,1-2H3. The Balaban J connectivity index is 2.13. The summed E-state index contributed by atoms with van der Waals surface area (Å²) in [5, 5.41) is 0. The number of aryl methyl sites for hydroxylation is 1. The van der Waals surface area contributed by atoms with Crippen molar-refractivity contribution in [2.24, 2.45) is 11.7 Å². The van der Waals surface area contributed by atoms with Crippen molar-refractivity contribution in [2.75, 3.05) is 13.6 Å². The molecule has 19 heavy (non-hydrogen) atoms. The number of amides is 1. The lowest BCUT2D eigenvalue weighted by molar-refractivity contribution is 0.0620. The molecule has 2 rings (SSSR count). The van der Waals surface area contributed by atoms with Gasteiger partial charge in [0.15, 0.2) is 0 Å². The Morgan fingerprint density at radius 3 is 2.79 bits per heavy atom. The van der Waals surface area contributed by atoms with Gasteiger partial charge in [-0.05, 0) is 44.4 Å². The molecule has 3 nitrogen and oxygen atoms in total. The van der Waals surface area contributed by atoms with Gasteiger partial charge in [0.25, 0.3) is 5.91 Å². The molecule has 0 radical (unpaired) electrons. The molecule has 1 aliphatic rings. The van der Waals surface area contributed by atoms with E-state index in [1.54, 1.807) is 0 Å². The lowest BCUT2D eigenvalue weighted by atomic mass is 9.83. The number of rotatable bonds is 3. The molecule has 0 heterocycles. The van der Waals surface area contributed by atoms with Crippen LogP contribution in [0.15, 0.2) is 24.3 Å². The summed E-state index contributed by atoms with van der Waals surface area (Å²) in [4.78, 5) is 14.5. The fraction of sp³-hybridized carbons (Fsp3) is 0.562. The van der Waals surface area contributed by atoms with Crippen molar-refractivity contribution >= 4 is 5.91 Å². The van der Waals surface area contributed by atoms with Gasteiger partial charge in [-0.15, -0.1) is 0 Å². The number of carbonyl (C=O) groups excluding carboxylic acids is 1. The Labute approximate surface area is 115 Å². The molecular formula is C16H24N2O. The summed E-state index contributed by atoms with van der Waals surface area (Å²) in [6, 6.07) is 8.11. The van der Waals surface area contributed by atoms with Crippen molar-refractivity contribution in [3.63, 3.8) is 0 Å². The van der Waals surface area contributed by atoms with Crippen molar-refractivity contribution in [1.82, 2.24) is 4.90 Å². The molecular weight excluding hydrogens is 236 g/mol. The van der Waals surface area contributed by atoms with E-state index in [1.807, 2.05) is 43.1 Å². The highest BCUT2D eigenvalue weighted by atomic mass is 16.2. The van der Waals surface area contributed by atoms with Crippen LogP contribution in [0.3, 0.4) is 0 Å². The molecule has 2 unspecified atom stereocenters. The van der Waals surface area contributed by atoms with Crippen LogP contribution in [0.4, 0.5) is 0 Å². The summed E-state index contributed by atoms with van der Waals surface area (Å²) in [5.74, 6) is 0.571. The predicted octanol–water partition coefficient (Wildman–Crippen LogP) is 2.58. The van der Waals surface area contributed by atoms with Crippen molar-refractivity contribution in [1.29, 1.82) is 0 Å². The number of hydrogen-bond donors (Lipinski definition) is 1. The van der Waals surface area contributed by atoms with Gasteiger partial charge >= 0.3 is 0 Å². The molecule has 0 spiro atoms. The fourth-order valence-corrected chi connectivity index (χ4v) is 3.11. The van der Waals surface area contributed by atoms with E-state index in [4.69, 9.17) is 5.73 Å². The SMILES string of the molecule is Cc1cccc(C(=O)N(C)C2CCCCC2CN)c1. The Bertz CT molecular complexity index is 444. The first-order chi connectivity index (χ1) is 9.13. The molecule has 1 aromatic carbocycles. The van der Waals surface area contributed by atoms with Crippen LogP contribution in [0, 0.1) is 12.8 Å². The number of benzene rings is 1. The van der Waals surface area contributed by atoms with Crippen molar-refractivity contribution < 1.29 is 4.79 Å². The second-order valence-electron chi connectivity index (χ2n) is 5.63. The van der Waals surface area contributed by atoms with Crippen LogP contribution in [-0.4, -0.2) is 30.4 Å². The quantitative estimate of drug-likeness (QED) is 0.908. The van der Waals surface area contributed by atoms with Gasteiger partial charge < -0.3 is 10.6 Å². The second kappa shape index (κ2) is 6.20. The predicted molar refractivity (Wildman–Crippen MR) is 78.1 cm³/mol. The van der Waals surface area contributed by atoms with E-state index in [-0.39, 0.29) is 5.91 Å². The van der Waals surface area contributed by atoms with Gasteiger partial charge in [-0.1, -0.05) is 30.5 Å². The van der Waals surface area contributed by atoms with E-state index in [2.05, 4.69) is 0 Å². The van der Waals surface area contributed by atoms with Crippen molar-refractivity contribution in [3.8, 4) is 0 Å². The van der Waals surface area contributed by atoms with Crippen LogP contribution in [0.5, 0.6) is 0 Å². The fourth-order valence-electron chi connectivity index (χ4n) is 3.11. The molecule has 1 saturated carbocycles. The maximum Gasteiger partial charge on any atom is 0.253 e. The van der Waals surface area contributed by atoms with Crippen LogP contribution in [-0.2, 0) is 0 Å². The largest absolute Gasteiger partial charge is 0.338 e. The van der Waals surface area contributed by atoms with Crippen LogP contribution < -0.4 is 5.73 Å². The maximum absolute atomic E-state index is 12.5. The summed E-state index contributed by atoms with van der Waals surface area (Å²) in [7, 11) is 1.92. The van der Waals surface area contributed by atoms with Crippen LogP contribution in [0.2, 0.25) is 0 Å². The van der Waals surface area contributed by atoms with Crippen LogP contribution >= 0.6 is 0 Å². The zero-order valence-corrected chi connectivity index (χ0v) is 11.9. The minimum Gasteiger partial charge on any atom is -0.338 e. The smallest absolute Gasteiger partial charge is 0.253 e. The van der Waals surface area contributed by atoms with Gasteiger partial charge in [0.05, 0.1) is 0 Å². The van der Waals surface area contributed by atoms with Gasteiger partial charge in [-0.25, -0.2) is 0 Å². The number of nitrogens with zero attached hydrogens (tertiary/aromatic N) is 1. The molecule has 104 valence electrons. The van der Waals surface area contributed by atoms with E-state index < -0.39 is 0 Å². The Hall–Kier alpha value is -1.35. The molecule has 0 saturated heterocycles.